The molecule has 0 atom stereocenters. The van der Waals surface area contributed by atoms with Gasteiger partial charge in [0, 0.05) is 15.8 Å². The molecule has 0 saturated heterocycles. The fourth-order valence-corrected chi connectivity index (χ4v) is 2.66. The molecule has 3 nitrogen and oxygen atoms in total. The van der Waals surface area contributed by atoms with Gasteiger partial charge >= 0.3 is 0 Å². The molecular weight excluding hydrogens is 365 g/mol. The molecule has 0 aliphatic carbocycles. The van der Waals surface area contributed by atoms with Crippen LogP contribution in [0.5, 0.6) is 0 Å². The van der Waals surface area contributed by atoms with Crippen LogP contribution >= 0.6 is 47.4 Å². The Bertz CT molecular complexity index is 478. The zero-order chi connectivity index (χ0) is 15.2. The van der Waals surface area contributed by atoms with Gasteiger partial charge < -0.3 is 11.1 Å². The van der Waals surface area contributed by atoms with Crippen LogP contribution in [0.3, 0.4) is 0 Å². The SMILES string of the molecule is Cl.NCC(F)(F)CNC(=O)CSCc1ccc(Cl)cc1Cl. The number of alkyl halides is 2. The molecule has 1 rings (SSSR count). The van der Waals surface area contributed by atoms with Crippen molar-refractivity contribution in [3.05, 3.63) is 33.8 Å². The molecule has 21 heavy (non-hydrogen) atoms. The first kappa shape index (κ1) is 20.7. The van der Waals surface area contributed by atoms with E-state index in [1.165, 1.54) is 11.8 Å². The Morgan fingerprint density at radius 3 is 2.62 bits per heavy atom. The van der Waals surface area contributed by atoms with Crippen molar-refractivity contribution < 1.29 is 13.6 Å². The van der Waals surface area contributed by atoms with E-state index in [1.54, 1.807) is 18.2 Å². The lowest BCUT2D eigenvalue weighted by atomic mass is 10.2. The predicted octanol–water partition coefficient (Wildman–Crippen LogP) is 3.36. The Kier molecular flexibility index (Phi) is 9.56. The number of halogens is 5. The van der Waals surface area contributed by atoms with Crippen LogP contribution in [0.15, 0.2) is 18.2 Å². The Hall–Kier alpha value is -0.270. The summed E-state index contributed by atoms with van der Waals surface area (Å²) in [5, 5.41) is 3.19. The first-order chi connectivity index (χ1) is 9.34. The van der Waals surface area contributed by atoms with Crippen LogP contribution in [0.25, 0.3) is 0 Å². The van der Waals surface area contributed by atoms with Gasteiger partial charge in [-0.25, -0.2) is 8.78 Å². The van der Waals surface area contributed by atoms with Crippen molar-refractivity contribution in [3.8, 4) is 0 Å². The molecule has 3 N–H and O–H groups in total. The molecule has 9 heteroatoms. The molecule has 0 fully saturated rings. The van der Waals surface area contributed by atoms with Crippen LogP contribution in [0.2, 0.25) is 10.0 Å². The highest BCUT2D eigenvalue weighted by Crippen LogP contribution is 2.24. The predicted molar refractivity (Wildman–Crippen MR) is 86.9 cm³/mol. The molecule has 0 spiro atoms. The first-order valence-electron chi connectivity index (χ1n) is 5.70. The molecule has 0 aliphatic rings. The van der Waals surface area contributed by atoms with E-state index in [0.717, 1.165) is 5.56 Å². The monoisotopic (exact) mass is 378 g/mol. The lowest BCUT2D eigenvalue weighted by molar-refractivity contribution is -0.120. The minimum atomic E-state index is -3.07. The average Bonchev–Trinajstić information content (AvgIpc) is 2.39. The Balaban J connectivity index is 0.00000400. The number of hydrogen-bond donors (Lipinski definition) is 2. The molecule has 1 amide bonds. The number of benzene rings is 1. The maximum atomic E-state index is 12.8. The van der Waals surface area contributed by atoms with E-state index in [1.807, 2.05) is 0 Å². The summed E-state index contributed by atoms with van der Waals surface area (Å²) >= 11 is 13.0. The number of thioether (sulfide) groups is 1. The third kappa shape index (κ3) is 8.07. The molecule has 0 unspecified atom stereocenters. The minimum absolute atomic E-state index is 0. The molecular formula is C12H15Cl3F2N2OS. The second-order valence-corrected chi connectivity index (χ2v) is 5.89. The zero-order valence-corrected chi connectivity index (χ0v) is 14.0. The van der Waals surface area contributed by atoms with Crippen LogP contribution in [-0.4, -0.2) is 30.7 Å². The number of carbonyl (C=O) groups is 1. The minimum Gasteiger partial charge on any atom is -0.349 e. The molecule has 0 bridgehead atoms. The lowest BCUT2D eigenvalue weighted by Gasteiger charge is -2.14. The number of rotatable bonds is 7. The van der Waals surface area contributed by atoms with E-state index in [-0.39, 0.29) is 18.2 Å². The van der Waals surface area contributed by atoms with E-state index in [4.69, 9.17) is 28.9 Å². The summed E-state index contributed by atoms with van der Waals surface area (Å²) in [5.41, 5.74) is 5.70. The van der Waals surface area contributed by atoms with Crippen LogP contribution < -0.4 is 11.1 Å². The van der Waals surface area contributed by atoms with Gasteiger partial charge in [0.15, 0.2) is 0 Å². The molecule has 1 aromatic rings. The molecule has 0 heterocycles. The van der Waals surface area contributed by atoms with E-state index < -0.39 is 24.9 Å². The van der Waals surface area contributed by atoms with Gasteiger partial charge in [-0.1, -0.05) is 29.3 Å². The van der Waals surface area contributed by atoms with Crippen molar-refractivity contribution >= 4 is 53.3 Å². The number of hydrogen-bond acceptors (Lipinski definition) is 3. The molecule has 0 saturated carbocycles. The molecule has 120 valence electrons. The van der Waals surface area contributed by atoms with Gasteiger partial charge in [-0.15, -0.1) is 24.2 Å². The van der Waals surface area contributed by atoms with Gasteiger partial charge in [0.25, 0.3) is 5.92 Å². The Morgan fingerprint density at radius 2 is 2.05 bits per heavy atom. The quantitative estimate of drug-likeness (QED) is 0.764. The van der Waals surface area contributed by atoms with Gasteiger partial charge in [0.1, 0.15) is 0 Å². The lowest BCUT2D eigenvalue weighted by Crippen LogP contribution is -2.42. The van der Waals surface area contributed by atoms with Crippen molar-refractivity contribution in [1.29, 1.82) is 0 Å². The largest absolute Gasteiger partial charge is 0.349 e. The van der Waals surface area contributed by atoms with Crippen molar-refractivity contribution in [2.24, 2.45) is 5.73 Å². The fraction of sp³-hybridized carbons (Fsp3) is 0.417. The zero-order valence-electron chi connectivity index (χ0n) is 10.9. The van der Waals surface area contributed by atoms with E-state index >= 15 is 0 Å². The van der Waals surface area contributed by atoms with E-state index in [0.29, 0.717) is 15.8 Å². The van der Waals surface area contributed by atoms with Gasteiger partial charge in [-0.3, -0.25) is 4.79 Å². The van der Waals surface area contributed by atoms with Gasteiger partial charge in [0.05, 0.1) is 18.8 Å². The summed E-state index contributed by atoms with van der Waals surface area (Å²) < 4.78 is 25.6. The highest BCUT2D eigenvalue weighted by molar-refractivity contribution is 7.99. The summed E-state index contributed by atoms with van der Waals surface area (Å²) in [6.45, 7) is -1.54. The Morgan fingerprint density at radius 1 is 1.38 bits per heavy atom. The highest BCUT2D eigenvalue weighted by atomic mass is 35.5. The average molecular weight is 380 g/mol. The van der Waals surface area contributed by atoms with Gasteiger partial charge in [-0.2, -0.15) is 0 Å². The van der Waals surface area contributed by atoms with E-state index in [2.05, 4.69) is 5.32 Å². The summed E-state index contributed by atoms with van der Waals surface area (Å²) in [4.78, 5) is 11.4. The topological polar surface area (TPSA) is 55.1 Å². The summed E-state index contributed by atoms with van der Waals surface area (Å²) in [7, 11) is 0. The van der Waals surface area contributed by atoms with Crippen LogP contribution in [-0.2, 0) is 10.5 Å². The van der Waals surface area contributed by atoms with Crippen molar-refractivity contribution in [2.45, 2.75) is 11.7 Å². The second kappa shape index (κ2) is 9.69. The van der Waals surface area contributed by atoms with Crippen LogP contribution in [0, 0.1) is 0 Å². The summed E-state index contributed by atoms with van der Waals surface area (Å²) in [5.74, 6) is -2.97. The van der Waals surface area contributed by atoms with Gasteiger partial charge in [-0.05, 0) is 17.7 Å². The van der Waals surface area contributed by atoms with Crippen LogP contribution in [0.4, 0.5) is 8.78 Å². The van der Waals surface area contributed by atoms with Crippen molar-refractivity contribution in [2.75, 3.05) is 18.8 Å². The second-order valence-electron chi connectivity index (χ2n) is 4.07. The maximum absolute atomic E-state index is 12.8. The number of nitrogens with two attached hydrogens (primary N) is 1. The summed E-state index contributed by atoms with van der Waals surface area (Å²) in [6, 6.07) is 5.07. The number of amides is 1. The molecule has 0 aromatic heterocycles. The molecule has 1 aromatic carbocycles. The number of carbonyl (C=O) groups excluding carboxylic acids is 1. The maximum Gasteiger partial charge on any atom is 0.277 e. The van der Waals surface area contributed by atoms with Crippen LogP contribution in [0.1, 0.15) is 5.56 Å². The third-order valence-electron chi connectivity index (χ3n) is 2.35. The normalized spacial score (nSPS) is 10.9. The molecule has 0 radical (unpaired) electrons. The smallest absolute Gasteiger partial charge is 0.277 e. The first-order valence-corrected chi connectivity index (χ1v) is 7.61. The van der Waals surface area contributed by atoms with Gasteiger partial charge in [0.2, 0.25) is 5.91 Å². The summed E-state index contributed by atoms with van der Waals surface area (Å²) in [6.07, 6.45) is 0. The number of nitrogens with one attached hydrogen (secondary N) is 1. The molecule has 0 aliphatic heterocycles. The third-order valence-corrected chi connectivity index (χ3v) is 3.92. The van der Waals surface area contributed by atoms with Crippen molar-refractivity contribution in [3.63, 3.8) is 0 Å². The van der Waals surface area contributed by atoms with E-state index in [9.17, 15) is 13.6 Å². The highest BCUT2D eigenvalue weighted by Gasteiger charge is 2.26. The Labute approximate surface area is 142 Å². The fourth-order valence-electron chi connectivity index (χ4n) is 1.24. The standard InChI is InChI=1S/C12H14Cl2F2N2OS.ClH/c13-9-2-1-8(10(14)3-9)4-20-5-11(19)18-7-12(15,16)6-17;/h1-3H,4-7,17H2,(H,18,19);1H. The van der Waals surface area contributed by atoms with Crippen molar-refractivity contribution in [1.82, 2.24) is 5.32 Å².